The third-order valence-electron chi connectivity index (χ3n) is 3.24. The molecule has 1 N–H and O–H groups in total. The number of benzene rings is 2. The molecule has 0 bridgehead atoms. The molecular formula is C16H17BrClN. The molecule has 0 aromatic heterocycles. The lowest BCUT2D eigenvalue weighted by atomic mass is 10.0. The standard InChI is InChI=1S/C16H17BrClN/c1-11(13-3-7-15(17)8-4-13)19-12(2)14-5-9-16(18)10-6-14/h3-12,19H,1-2H3/t11-,12?/m0/s1. The third kappa shape index (κ3) is 4.07. The Hall–Kier alpha value is -0.830. The van der Waals surface area contributed by atoms with Crippen LogP contribution in [0.25, 0.3) is 0 Å². The molecule has 0 aliphatic carbocycles. The summed E-state index contributed by atoms with van der Waals surface area (Å²) in [6.45, 7) is 4.34. The highest BCUT2D eigenvalue weighted by Gasteiger charge is 2.10. The molecule has 0 amide bonds. The van der Waals surface area contributed by atoms with Crippen LogP contribution in [0.4, 0.5) is 0 Å². The Morgan fingerprint density at radius 3 is 1.74 bits per heavy atom. The van der Waals surface area contributed by atoms with Crippen LogP contribution in [-0.2, 0) is 0 Å². The van der Waals surface area contributed by atoms with E-state index < -0.39 is 0 Å². The Morgan fingerprint density at radius 1 is 0.842 bits per heavy atom. The molecule has 0 radical (unpaired) electrons. The summed E-state index contributed by atoms with van der Waals surface area (Å²) >= 11 is 9.36. The quantitative estimate of drug-likeness (QED) is 0.774. The monoisotopic (exact) mass is 337 g/mol. The lowest BCUT2D eigenvalue weighted by molar-refractivity contribution is 0.494. The number of rotatable bonds is 4. The molecule has 3 heteroatoms. The van der Waals surface area contributed by atoms with Crippen molar-refractivity contribution in [1.82, 2.24) is 5.32 Å². The second-order valence-corrected chi connectivity index (χ2v) is 6.07. The van der Waals surface area contributed by atoms with Crippen molar-refractivity contribution in [3.8, 4) is 0 Å². The van der Waals surface area contributed by atoms with Crippen LogP contribution in [0.3, 0.4) is 0 Å². The van der Waals surface area contributed by atoms with Crippen molar-refractivity contribution < 1.29 is 0 Å². The van der Waals surface area contributed by atoms with E-state index >= 15 is 0 Å². The smallest absolute Gasteiger partial charge is 0.0406 e. The second kappa shape index (κ2) is 6.56. The Labute approximate surface area is 128 Å². The molecule has 2 rings (SSSR count). The van der Waals surface area contributed by atoms with Gasteiger partial charge in [0.2, 0.25) is 0 Å². The average Bonchev–Trinajstić information content (AvgIpc) is 2.40. The SMILES string of the molecule is CC(N[C@@H](C)c1ccc(Br)cc1)c1ccc(Cl)cc1. The Balaban J connectivity index is 2.03. The van der Waals surface area contributed by atoms with Gasteiger partial charge in [-0.1, -0.05) is 51.8 Å². The van der Waals surface area contributed by atoms with Crippen LogP contribution in [-0.4, -0.2) is 0 Å². The molecule has 1 unspecified atom stereocenters. The molecular weight excluding hydrogens is 322 g/mol. The summed E-state index contributed by atoms with van der Waals surface area (Å²) in [6, 6.07) is 17.0. The normalized spacial score (nSPS) is 14.1. The maximum atomic E-state index is 5.91. The summed E-state index contributed by atoms with van der Waals surface area (Å²) in [7, 11) is 0. The summed E-state index contributed by atoms with van der Waals surface area (Å²) in [5, 5.41) is 4.37. The fourth-order valence-corrected chi connectivity index (χ4v) is 2.46. The van der Waals surface area contributed by atoms with Crippen molar-refractivity contribution in [2.75, 3.05) is 0 Å². The van der Waals surface area contributed by atoms with Gasteiger partial charge in [-0.3, -0.25) is 0 Å². The van der Waals surface area contributed by atoms with Crippen molar-refractivity contribution in [3.05, 3.63) is 69.2 Å². The molecule has 19 heavy (non-hydrogen) atoms. The van der Waals surface area contributed by atoms with Crippen LogP contribution in [0, 0.1) is 0 Å². The molecule has 0 aliphatic rings. The lowest BCUT2D eigenvalue weighted by Crippen LogP contribution is -2.22. The first-order chi connectivity index (χ1) is 9.06. The minimum Gasteiger partial charge on any atom is -0.304 e. The highest BCUT2D eigenvalue weighted by molar-refractivity contribution is 9.10. The van der Waals surface area contributed by atoms with E-state index in [1.54, 1.807) is 0 Å². The molecule has 0 heterocycles. The van der Waals surface area contributed by atoms with Gasteiger partial charge in [-0.2, -0.15) is 0 Å². The highest BCUT2D eigenvalue weighted by atomic mass is 79.9. The minimum atomic E-state index is 0.288. The van der Waals surface area contributed by atoms with E-state index in [-0.39, 0.29) is 6.04 Å². The fraction of sp³-hybridized carbons (Fsp3) is 0.250. The van der Waals surface area contributed by atoms with Gasteiger partial charge in [-0.15, -0.1) is 0 Å². The van der Waals surface area contributed by atoms with Gasteiger partial charge in [-0.25, -0.2) is 0 Å². The lowest BCUT2D eigenvalue weighted by Gasteiger charge is -2.21. The van der Waals surface area contributed by atoms with Crippen molar-refractivity contribution >= 4 is 27.5 Å². The predicted molar refractivity (Wildman–Crippen MR) is 85.6 cm³/mol. The molecule has 100 valence electrons. The molecule has 2 aromatic rings. The number of hydrogen-bond donors (Lipinski definition) is 1. The first-order valence-corrected chi connectivity index (χ1v) is 7.50. The molecule has 0 spiro atoms. The van der Waals surface area contributed by atoms with Crippen LogP contribution < -0.4 is 5.32 Å². The van der Waals surface area contributed by atoms with Gasteiger partial charge in [0.1, 0.15) is 0 Å². The minimum absolute atomic E-state index is 0.288. The van der Waals surface area contributed by atoms with Crippen LogP contribution in [0.15, 0.2) is 53.0 Å². The van der Waals surface area contributed by atoms with Crippen molar-refractivity contribution in [3.63, 3.8) is 0 Å². The van der Waals surface area contributed by atoms with E-state index in [4.69, 9.17) is 11.6 Å². The van der Waals surface area contributed by atoms with Gasteiger partial charge < -0.3 is 5.32 Å². The zero-order valence-electron chi connectivity index (χ0n) is 11.0. The molecule has 0 saturated carbocycles. The van der Waals surface area contributed by atoms with E-state index in [2.05, 4.69) is 71.5 Å². The summed E-state index contributed by atoms with van der Waals surface area (Å²) < 4.78 is 1.11. The maximum Gasteiger partial charge on any atom is 0.0406 e. The Morgan fingerprint density at radius 2 is 1.26 bits per heavy atom. The van der Waals surface area contributed by atoms with Crippen molar-refractivity contribution in [2.45, 2.75) is 25.9 Å². The molecule has 2 aromatic carbocycles. The Kier molecular flexibility index (Phi) is 5.03. The second-order valence-electron chi connectivity index (χ2n) is 4.71. The first kappa shape index (κ1) is 14.6. The third-order valence-corrected chi connectivity index (χ3v) is 4.02. The Bertz CT molecular complexity index is 472. The van der Waals surface area contributed by atoms with Crippen molar-refractivity contribution in [2.24, 2.45) is 0 Å². The molecule has 0 aliphatic heterocycles. The van der Waals surface area contributed by atoms with Crippen molar-refractivity contribution in [1.29, 1.82) is 0 Å². The highest BCUT2D eigenvalue weighted by Crippen LogP contribution is 2.22. The number of halogens is 2. The van der Waals surface area contributed by atoms with Gasteiger partial charge in [-0.05, 0) is 49.2 Å². The molecule has 0 fully saturated rings. The van der Waals surface area contributed by atoms with Gasteiger partial charge in [0.05, 0.1) is 0 Å². The van der Waals surface area contributed by atoms with Crippen LogP contribution in [0.2, 0.25) is 5.02 Å². The van der Waals surface area contributed by atoms with E-state index in [1.807, 2.05) is 12.1 Å². The van der Waals surface area contributed by atoms with E-state index in [0.717, 1.165) is 9.50 Å². The molecule has 0 saturated heterocycles. The average molecular weight is 339 g/mol. The largest absolute Gasteiger partial charge is 0.304 e. The predicted octanol–water partition coefficient (Wildman–Crippen LogP) is 5.51. The van der Waals surface area contributed by atoms with Gasteiger partial charge in [0.25, 0.3) is 0 Å². The van der Waals surface area contributed by atoms with Crippen LogP contribution in [0.5, 0.6) is 0 Å². The topological polar surface area (TPSA) is 12.0 Å². The van der Waals surface area contributed by atoms with E-state index in [0.29, 0.717) is 6.04 Å². The first-order valence-electron chi connectivity index (χ1n) is 6.33. The summed E-state index contributed by atoms with van der Waals surface area (Å²) in [5.41, 5.74) is 2.53. The molecule has 2 atom stereocenters. The van der Waals surface area contributed by atoms with Crippen LogP contribution in [0.1, 0.15) is 37.1 Å². The molecule has 1 nitrogen and oxygen atoms in total. The summed E-state index contributed by atoms with van der Waals surface area (Å²) in [5.74, 6) is 0. The van der Waals surface area contributed by atoms with Gasteiger partial charge >= 0.3 is 0 Å². The summed E-state index contributed by atoms with van der Waals surface area (Å²) in [4.78, 5) is 0. The van der Waals surface area contributed by atoms with Gasteiger partial charge in [0, 0.05) is 21.6 Å². The summed E-state index contributed by atoms with van der Waals surface area (Å²) in [6.07, 6.45) is 0. The van der Waals surface area contributed by atoms with E-state index in [9.17, 15) is 0 Å². The fourth-order valence-electron chi connectivity index (χ4n) is 2.07. The van der Waals surface area contributed by atoms with E-state index in [1.165, 1.54) is 11.1 Å². The zero-order valence-corrected chi connectivity index (χ0v) is 13.4. The zero-order chi connectivity index (χ0) is 13.8. The number of nitrogens with one attached hydrogen (secondary N) is 1. The maximum absolute atomic E-state index is 5.91. The van der Waals surface area contributed by atoms with Gasteiger partial charge in [0.15, 0.2) is 0 Å². The number of hydrogen-bond acceptors (Lipinski definition) is 1. The van der Waals surface area contributed by atoms with Crippen LogP contribution >= 0.6 is 27.5 Å².